The van der Waals surface area contributed by atoms with Gasteiger partial charge >= 0.3 is 0 Å². The fourth-order valence-electron chi connectivity index (χ4n) is 3.02. The molecule has 0 atom stereocenters. The Morgan fingerprint density at radius 3 is 2.28 bits per heavy atom. The second-order valence-corrected chi connectivity index (χ2v) is 6.97. The summed E-state index contributed by atoms with van der Waals surface area (Å²) in [5.41, 5.74) is 4.23. The largest absolute Gasteiger partial charge is 0.497 e. The first-order chi connectivity index (χ1) is 14.1. The van der Waals surface area contributed by atoms with Crippen molar-refractivity contribution in [1.82, 2.24) is 0 Å². The number of hydrogen-bond acceptors (Lipinski definition) is 3. The van der Waals surface area contributed by atoms with Crippen LogP contribution in [0, 0.1) is 11.8 Å². The van der Waals surface area contributed by atoms with Gasteiger partial charge in [0, 0.05) is 11.1 Å². The van der Waals surface area contributed by atoms with Gasteiger partial charge in [0.25, 0.3) is 0 Å². The minimum Gasteiger partial charge on any atom is -0.497 e. The molecular weight excluding hydrogens is 360 g/mol. The highest BCUT2D eigenvalue weighted by Gasteiger charge is 2.08. The van der Waals surface area contributed by atoms with E-state index in [0.717, 1.165) is 28.9 Å². The molecule has 3 heteroatoms. The molecule has 0 N–H and O–H groups in total. The van der Waals surface area contributed by atoms with Crippen LogP contribution in [0.2, 0.25) is 0 Å². The van der Waals surface area contributed by atoms with Gasteiger partial charge in [-0.25, -0.2) is 0 Å². The fourth-order valence-corrected chi connectivity index (χ4v) is 3.02. The zero-order chi connectivity index (χ0) is 20.6. The van der Waals surface area contributed by atoms with Crippen LogP contribution >= 0.6 is 0 Å². The van der Waals surface area contributed by atoms with Gasteiger partial charge in [-0.2, -0.15) is 0 Å². The normalized spacial score (nSPS) is 10.2. The first-order valence-electron chi connectivity index (χ1n) is 9.66. The van der Waals surface area contributed by atoms with Crippen molar-refractivity contribution >= 4 is 0 Å². The van der Waals surface area contributed by atoms with E-state index in [-0.39, 0.29) is 6.10 Å². The lowest BCUT2D eigenvalue weighted by molar-refractivity contribution is 0.230. The molecule has 0 amide bonds. The maximum absolute atomic E-state index is 5.85. The Morgan fingerprint density at radius 1 is 0.793 bits per heavy atom. The summed E-state index contributed by atoms with van der Waals surface area (Å²) < 4.78 is 16.7. The summed E-state index contributed by atoms with van der Waals surface area (Å²) in [5.74, 6) is 8.82. The highest BCUT2D eigenvalue weighted by Crippen LogP contribution is 2.29. The molecule has 0 unspecified atom stereocenters. The molecular formula is C26H26O3. The molecule has 3 aromatic rings. The van der Waals surface area contributed by atoms with Gasteiger partial charge in [0.05, 0.1) is 20.3 Å². The first kappa shape index (κ1) is 20.4. The quantitative estimate of drug-likeness (QED) is 0.525. The van der Waals surface area contributed by atoms with E-state index in [0.29, 0.717) is 11.5 Å². The van der Waals surface area contributed by atoms with Crippen molar-refractivity contribution in [2.24, 2.45) is 0 Å². The highest BCUT2D eigenvalue weighted by molar-refractivity contribution is 5.53. The molecule has 0 aromatic heterocycles. The van der Waals surface area contributed by atoms with Gasteiger partial charge in [0.2, 0.25) is 0 Å². The van der Waals surface area contributed by atoms with Crippen LogP contribution in [-0.4, -0.2) is 20.3 Å². The van der Waals surface area contributed by atoms with Crippen LogP contribution in [0.25, 0.3) is 0 Å². The lowest BCUT2D eigenvalue weighted by Crippen LogP contribution is -2.06. The molecule has 148 valence electrons. The van der Waals surface area contributed by atoms with Gasteiger partial charge < -0.3 is 14.2 Å². The first-order valence-corrected chi connectivity index (χ1v) is 9.66. The number of benzene rings is 3. The molecule has 3 rings (SSSR count). The molecule has 0 heterocycles. The summed E-state index contributed by atoms with van der Waals surface area (Å²) in [6.45, 7) is 3.98. The summed E-state index contributed by atoms with van der Waals surface area (Å²) in [6.07, 6.45) is 0.859. The minimum atomic E-state index is 0.0613. The second-order valence-electron chi connectivity index (χ2n) is 6.97. The van der Waals surface area contributed by atoms with E-state index >= 15 is 0 Å². The third-order valence-corrected chi connectivity index (χ3v) is 4.42. The van der Waals surface area contributed by atoms with Gasteiger partial charge in [-0.15, -0.1) is 0 Å². The topological polar surface area (TPSA) is 27.7 Å². The van der Waals surface area contributed by atoms with Crippen LogP contribution in [0.15, 0.2) is 66.7 Å². The highest BCUT2D eigenvalue weighted by atomic mass is 16.5. The van der Waals surface area contributed by atoms with Crippen molar-refractivity contribution in [1.29, 1.82) is 0 Å². The van der Waals surface area contributed by atoms with Crippen LogP contribution in [-0.2, 0) is 6.42 Å². The zero-order valence-electron chi connectivity index (χ0n) is 17.4. The van der Waals surface area contributed by atoms with Crippen molar-refractivity contribution < 1.29 is 14.2 Å². The number of hydrogen-bond donors (Lipinski definition) is 0. The van der Waals surface area contributed by atoms with Crippen LogP contribution in [0.5, 0.6) is 17.2 Å². The molecule has 0 aliphatic heterocycles. The standard InChI is InChI=1S/C26H26O3/c1-19(2)29-26-17-21(11-15-25(26)28-4)10-12-22-13-14-24(27-3)18-23(22)16-20-8-6-5-7-9-20/h5-9,11,13-15,17-19H,16H2,1-4H3. The fraction of sp³-hybridized carbons (Fsp3) is 0.231. The van der Waals surface area contributed by atoms with E-state index < -0.39 is 0 Å². The molecule has 3 aromatic carbocycles. The van der Waals surface area contributed by atoms with Crippen LogP contribution in [0.1, 0.15) is 36.1 Å². The van der Waals surface area contributed by atoms with Crippen molar-refractivity contribution in [3.05, 3.63) is 89.0 Å². The maximum Gasteiger partial charge on any atom is 0.162 e. The Kier molecular flexibility index (Phi) is 6.81. The average Bonchev–Trinajstić information content (AvgIpc) is 2.73. The average molecular weight is 386 g/mol. The lowest BCUT2D eigenvalue weighted by atomic mass is 9.99. The number of rotatable bonds is 6. The molecule has 0 spiro atoms. The minimum absolute atomic E-state index is 0.0613. The smallest absolute Gasteiger partial charge is 0.162 e. The van der Waals surface area contributed by atoms with Crippen LogP contribution in [0.4, 0.5) is 0 Å². The van der Waals surface area contributed by atoms with Gasteiger partial charge in [-0.1, -0.05) is 42.2 Å². The zero-order valence-corrected chi connectivity index (χ0v) is 17.4. The Hall–Kier alpha value is -3.38. The molecule has 29 heavy (non-hydrogen) atoms. The molecule has 0 bridgehead atoms. The van der Waals surface area contributed by atoms with E-state index in [4.69, 9.17) is 14.2 Å². The van der Waals surface area contributed by atoms with Crippen molar-refractivity contribution in [3.8, 4) is 29.1 Å². The van der Waals surface area contributed by atoms with Crippen molar-refractivity contribution in [2.75, 3.05) is 14.2 Å². The summed E-state index contributed by atoms with van der Waals surface area (Å²) in [5, 5.41) is 0. The molecule has 3 nitrogen and oxygen atoms in total. The third kappa shape index (κ3) is 5.56. The number of ether oxygens (including phenoxy) is 3. The monoisotopic (exact) mass is 386 g/mol. The predicted molar refractivity (Wildman–Crippen MR) is 117 cm³/mol. The SMILES string of the molecule is COc1ccc(C#Cc2ccc(OC)c(OC(C)C)c2)c(Cc2ccccc2)c1. The van der Waals surface area contributed by atoms with E-state index in [2.05, 4.69) is 42.2 Å². The summed E-state index contributed by atoms with van der Waals surface area (Å²) in [4.78, 5) is 0. The van der Waals surface area contributed by atoms with E-state index in [1.165, 1.54) is 5.56 Å². The summed E-state index contributed by atoms with van der Waals surface area (Å²) >= 11 is 0. The number of methoxy groups -OCH3 is 2. The predicted octanol–water partition coefficient (Wildman–Crippen LogP) is 5.48. The molecule has 0 radical (unpaired) electrons. The van der Waals surface area contributed by atoms with E-state index in [9.17, 15) is 0 Å². The van der Waals surface area contributed by atoms with Gasteiger partial charge in [0.1, 0.15) is 5.75 Å². The Balaban J connectivity index is 1.93. The maximum atomic E-state index is 5.85. The third-order valence-electron chi connectivity index (χ3n) is 4.42. The van der Waals surface area contributed by atoms with Gasteiger partial charge in [0.15, 0.2) is 11.5 Å². The van der Waals surface area contributed by atoms with Gasteiger partial charge in [-0.3, -0.25) is 0 Å². The van der Waals surface area contributed by atoms with Crippen molar-refractivity contribution in [3.63, 3.8) is 0 Å². The summed E-state index contributed by atoms with van der Waals surface area (Å²) in [6, 6.07) is 22.1. The van der Waals surface area contributed by atoms with E-state index in [1.807, 2.05) is 50.2 Å². The Morgan fingerprint density at radius 2 is 1.59 bits per heavy atom. The molecule has 0 saturated heterocycles. The van der Waals surface area contributed by atoms with Gasteiger partial charge in [-0.05, 0) is 67.8 Å². The molecule has 0 aliphatic carbocycles. The Labute approximate surface area is 173 Å². The Bertz CT molecular complexity index is 1010. The van der Waals surface area contributed by atoms with E-state index in [1.54, 1.807) is 14.2 Å². The van der Waals surface area contributed by atoms with Crippen molar-refractivity contribution in [2.45, 2.75) is 26.4 Å². The van der Waals surface area contributed by atoms with Crippen LogP contribution < -0.4 is 14.2 Å². The van der Waals surface area contributed by atoms with Crippen LogP contribution in [0.3, 0.4) is 0 Å². The second kappa shape index (κ2) is 9.71. The lowest BCUT2D eigenvalue weighted by Gasteiger charge is -2.13. The molecule has 0 aliphatic rings. The molecule has 0 saturated carbocycles. The molecule has 0 fully saturated rings. The summed E-state index contributed by atoms with van der Waals surface area (Å²) in [7, 11) is 3.32.